The Morgan fingerprint density at radius 1 is 1.58 bits per heavy atom. The van der Waals surface area contributed by atoms with Gasteiger partial charge in [0.15, 0.2) is 5.78 Å². The number of phenols is 1. The van der Waals surface area contributed by atoms with Gasteiger partial charge in [-0.05, 0) is 12.1 Å². The molecule has 0 atom stereocenters. The Morgan fingerprint density at radius 3 is 2.92 bits per heavy atom. The molecule has 4 nitrogen and oxygen atoms in total. The SMILES string of the molecule is NOCC(=O)c1cccc(O)c1. The van der Waals surface area contributed by atoms with E-state index >= 15 is 0 Å². The predicted octanol–water partition coefficient (Wildman–Crippen LogP) is 0.465. The van der Waals surface area contributed by atoms with Gasteiger partial charge in [0.2, 0.25) is 0 Å². The fraction of sp³-hybridized carbons (Fsp3) is 0.125. The van der Waals surface area contributed by atoms with E-state index in [1.165, 1.54) is 12.1 Å². The lowest BCUT2D eigenvalue weighted by molar-refractivity contribution is 0.0763. The van der Waals surface area contributed by atoms with E-state index in [1.807, 2.05) is 0 Å². The molecule has 3 N–H and O–H groups in total. The van der Waals surface area contributed by atoms with E-state index < -0.39 is 0 Å². The van der Waals surface area contributed by atoms with Crippen LogP contribution < -0.4 is 5.90 Å². The van der Waals surface area contributed by atoms with Crippen LogP contribution in [-0.2, 0) is 4.84 Å². The van der Waals surface area contributed by atoms with Gasteiger partial charge in [-0.3, -0.25) is 9.63 Å². The molecule has 1 aromatic carbocycles. The normalized spacial score (nSPS) is 9.75. The molecular formula is C8H9NO3. The van der Waals surface area contributed by atoms with Crippen LogP contribution in [0.4, 0.5) is 0 Å². The van der Waals surface area contributed by atoms with Crippen LogP contribution in [0.3, 0.4) is 0 Å². The van der Waals surface area contributed by atoms with Crippen molar-refractivity contribution in [3.8, 4) is 5.75 Å². The maximum absolute atomic E-state index is 11.1. The molecule has 0 aromatic heterocycles. The van der Waals surface area contributed by atoms with E-state index in [1.54, 1.807) is 12.1 Å². The van der Waals surface area contributed by atoms with Gasteiger partial charge in [0, 0.05) is 5.56 Å². The second kappa shape index (κ2) is 3.85. The van der Waals surface area contributed by atoms with Crippen LogP contribution >= 0.6 is 0 Å². The molecule has 0 saturated carbocycles. The smallest absolute Gasteiger partial charge is 0.190 e. The molecule has 64 valence electrons. The van der Waals surface area contributed by atoms with Gasteiger partial charge in [0.25, 0.3) is 0 Å². The average Bonchev–Trinajstić information content (AvgIpc) is 2.05. The maximum atomic E-state index is 11.1. The molecule has 0 radical (unpaired) electrons. The number of hydrogen-bond acceptors (Lipinski definition) is 4. The molecule has 0 aliphatic heterocycles. The highest BCUT2D eigenvalue weighted by Gasteiger charge is 2.04. The van der Waals surface area contributed by atoms with Gasteiger partial charge in [-0.25, -0.2) is 5.90 Å². The van der Waals surface area contributed by atoms with E-state index in [0.29, 0.717) is 5.56 Å². The minimum absolute atomic E-state index is 0.0536. The molecule has 1 aromatic rings. The first-order valence-corrected chi connectivity index (χ1v) is 3.38. The minimum Gasteiger partial charge on any atom is -0.508 e. The van der Waals surface area contributed by atoms with Crippen molar-refractivity contribution in [2.45, 2.75) is 0 Å². The number of nitrogens with two attached hydrogens (primary N) is 1. The Hall–Kier alpha value is -1.39. The van der Waals surface area contributed by atoms with Gasteiger partial charge in [-0.2, -0.15) is 0 Å². The second-order valence-corrected chi connectivity index (χ2v) is 2.28. The standard InChI is InChI=1S/C8H9NO3/c9-12-5-8(11)6-2-1-3-7(10)4-6/h1-4,10H,5,9H2. The van der Waals surface area contributed by atoms with Crippen molar-refractivity contribution in [1.82, 2.24) is 0 Å². The lowest BCUT2D eigenvalue weighted by Crippen LogP contribution is -2.12. The fourth-order valence-electron chi connectivity index (χ4n) is 0.838. The summed E-state index contributed by atoms with van der Waals surface area (Å²) in [6.45, 7) is -0.177. The number of aromatic hydroxyl groups is 1. The molecule has 4 heteroatoms. The fourth-order valence-corrected chi connectivity index (χ4v) is 0.838. The number of carbonyl (C=O) groups is 1. The van der Waals surface area contributed by atoms with Crippen LogP contribution in [0.5, 0.6) is 5.75 Å². The zero-order valence-corrected chi connectivity index (χ0v) is 6.36. The molecule has 0 saturated heterocycles. The first-order valence-electron chi connectivity index (χ1n) is 3.38. The largest absolute Gasteiger partial charge is 0.508 e. The van der Waals surface area contributed by atoms with Gasteiger partial charge in [-0.15, -0.1) is 0 Å². The summed E-state index contributed by atoms with van der Waals surface area (Å²) in [6.07, 6.45) is 0. The molecule has 0 amide bonds. The summed E-state index contributed by atoms with van der Waals surface area (Å²) in [5.41, 5.74) is 0.389. The summed E-state index contributed by atoms with van der Waals surface area (Å²) in [5.74, 6) is 4.52. The third-order valence-electron chi connectivity index (χ3n) is 1.38. The zero-order chi connectivity index (χ0) is 8.97. The van der Waals surface area contributed by atoms with Crippen molar-refractivity contribution in [1.29, 1.82) is 0 Å². The summed E-state index contributed by atoms with van der Waals surface area (Å²) in [4.78, 5) is 15.2. The van der Waals surface area contributed by atoms with Crippen molar-refractivity contribution in [3.05, 3.63) is 29.8 Å². The van der Waals surface area contributed by atoms with Crippen LogP contribution in [-0.4, -0.2) is 17.5 Å². The summed E-state index contributed by atoms with van der Waals surface area (Å²) >= 11 is 0. The molecule has 0 unspecified atom stereocenters. The lowest BCUT2D eigenvalue weighted by atomic mass is 10.1. The highest BCUT2D eigenvalue weighted by Crippen LogP contribution is 2.10. The van der Waals surface area contributed by atoms with Crippen molar-refractivity contribution in [2.75, 3.05) is 6.61 Å². The third kappa shape index (κ3) is 2.05. The third-order valence-corrected chi connectivity index (χ3v) is 1.38. The molecule has 0 bridgehead atoms. The Labute approximate surface area is 69.5 Å². The van der Waals surface area contributed by atoms with Crippen molar-refractivity contribution >= 4 is 5.78 Å². The Kier molecular flexibility index (Phi) is 2.79. The van der Waals surface area contributed by atoms with Crippen LogP contribution in [0.1, 0.15) is 10.4 Å². The highest BCUT2D eigenvalue weighted by molar-refractivity contribution is 5.97. The van der Waals surface area contributed by atoms with E-state index in [2.05, 4.69) is 4.84 Å². The van der Waals surface area contributed by atoms with Crippen LogP contribution in [0.2, 0.25) is 0 Å². The summed E-state index contributed by atoms with van der Waals surface area (Å²) in [5, 5.41) is 9.01. The van der Waals surface area contributed by atoms with Gasteiger partial charge in [0.1, 0.15) is 12.4 Å². The Morgan fingerprint density at radius 2 is 2.33 bits per heavy atom. The predicted molar refractivity (Wildman–Crippen MR) is 42.6 cm³/mol. The van der Waals surface area contributed by atoms with Crippen molar-refractivity contribution in [2.24, 2.45) is 5.90 Å². The van der Waals surface area contributed by atoms with E-state index in [9.17, 15) is 4.79 Å². The van der Waals surface area contributed by atoms with Gasteiger partial charge >= 0.3 is 0 Å². The van der Waals surface area contributed by atoms with E-state index in [4.69, 9.17) is 11.0 Å². The summed E-state index contributed by atoms with van der Waals surface area (Å²) in [7, 11) is 0. The van der Waals surface area contributed by atoms with Gasteiger partial charge in [-0.1, -0.05) is 12.1 Å². The topological polar surface area (TPSA) is 72.5 Å². The quantitative estimate of drug-likeness (QED) is 0.507. The first kappa shape index (κ1) is 8.70. The number of hydrogen-bond donors (Lipinski definition) is 2. The molecule has 0 heterocycles. The van der Waals surface area contributed by atoms with E-state index in [0.717, 1.165) is 0 Å². The molecule has 0 spiro atoms. The average molecular weight is 167 g/mol. The summed E-state index contributed by atoms with van der Waals surface area (Å²) in [6, 6.07) is 6.02. The number of benzene rings is 1. The van der Waals surface area contributed by atoms with Crippen molar-refractivity contribution in [3.63, 3.8) is 0 Å². The molecule has 0 aliphatic rings. The van der Waals surface area contributed by atoms with Crippen LogP contribution in [0.15, 0.2) is 24.3 Å². The Bertz CT molecular complexity index is 285. The molecule has 12 heavy (non-hydrogen) atoms. The van der Waals surface area contributed by atoms with Gasteiger partial charge < -0.3 is 5.11 Å². The lowest BCUT2D eigenvalue weighted by Gasteiger charge is -1.98. The molecular weight excluding hydrogens is 158 g/mol. The second-order valence-electron chi connectivity index (χ2n) is 2.28. The number of phenolic OH excluding ortho intramolecular Hbond substituents is 1. The van der Waals surface area contributed by atoms with Crippen LogP contribution in [0.25, 0.3) is 0 Å². The van der Waals surface area contributed by atoms with Crippen molar-refractivity contribution < 1.29 is 14.7 Å². The summed E-state index contributed by atoms with van der Waals surface area (Å²) < 4.78 is 0. The van der Waals surface area contributed by atoms with Crippen LogP contribution in [0, 0.1) is 0 Å². The first-order chi connectivity index (χ1) is 5.74. The molecule has 0 aliphatic carbocycles. The maximum Gasteiger partial charge on any atom is 0.190 e. The van der Waals surface area contributed by atoms with Gasteiger partial charge in [0.05, 0.1) is 0 Å². The highest BCUT2D eigenvalue weighted by atomic mass is 16.6. The number of ketones is 1. The number of carbonyl (C=O) groups excluding carboxylic acids is 1. The minimum atomic E-state index is -0.256. The molecule has 0 fully saturated rings. The number of rotatable bonds is 3. The zero-order valence-electron chi connectivity index (χ0n) is 6.36. The molecule has 1 rings (SSSR count). The Balaban J connectivity index is 2.81. The van der Waals surface area contributed by atoms with E-state index in [-0.39, 0.29) is 18.1 Å². The monoisotopic (exact) mass is 167 g/mol. The number of Topliss-reactive ketones (excluding diaryl/α,β-unsaturated/α-hetero) is 1.